The first-order valence-electron chi connectivity index (χ1n) is 6.79. The standard InChI is InChI=1S/C17H15BN2O/c1-12-16(18)17(21)20(19(12)2)15-10-8-14(9-11-15)13-6-4-3-5-7-13/h3-11H,1-2H3. The fraction of sp³-hybridized carbons (Fsp3) is 0.118. The van der Waals surface area contributed by atoms with E-state index in [4.69, 9.17) is 7.85 Å². The molecule has 102 valence electrons. The highest BCUT2D eigenvalue weighted by Crippen LogP contribution is 2.20. The minimum Gasteiger partial charge on any atom is -0.286 e. The van der Waals surface area contributed by atoms with Gasteiger partial charge in [-0.1, -0.05) is 42.5 Å². The summed E-state index contributed by atoms with van der Waals surface area (Å²) in [4.78, 5) is 12.2. The highest BCUT2D eigenvalue weighted by molar-refractivity contribution is 6.32. The van der Waals surface area contributed by atoms with E-state index < -0.39 is 0 Å². The van der Waals surface area contributed by atoms with Crippen LogP contribution in [0.3, 0.4) is 0 Å². The van der Waals surface area contributed by atoms with Crippen molar-refractivity contribution in [2.75, 3.05) is 0 Å². The Bertz CT molecular complexity index is 830. The lowest BCUT2D eigenvalue weighted by molar-refractivity contribution is 0.630. The van der Waals surface area contributed by atoms with Crippen molar-refractivity contribution < 1.29 is 0 Å². The molecule has 1 aromatic heterocycles. The molecule has 4 heteroatoms. The van der Waals surface area contributed by atoms with Crippen LogP contribution in [-0.2, 0) is 7.05 Å². The number of hydrogen-bond donors (Lipinski definition) is 0. The zero-order valence-electron chi connectivity index (χ0n) is 12.1. The van der Waals surface area contributed by atoms with Crippen molar-refractivity contribution in [1.82, 2.24) is 9.36 Å². The van der Waals surface area contributed by atoms with Crippen molar-refractivity contribution in [2.45, 2.75) is 6.92 Å². The molecule has 3 nitrogen and oxygen atoms in total. The number of hydrogen-bond acceptors (Lipinski definition) is 1. The molecular formula is C17H15BN2O. The lowest BCUT2D eigenvalue weighted by atomic mass is 9.97. The highest BCUT2D eigenvalue weighted by Gasteiger charge is 2.11. The third-order valence-corrected chi connectivity index (χ3v) is 3.82. The second-order valence-corrected chi connectivity index (χ2v) is 5.05. The molecule has 0 fully saturated rings. The van der Waals surface area contributed by atoms with Crippen molar-refractivity contribution in [2.24, 2.45) is 7.05 Å². The first-order valence-corrected chi connectivity index (χ1v) is 6.79. The lowest BCUT2D eigenvalue weighted by Crippen LogP contribution is -2.28. The van der Waals surface area contributed by atoms with Gasteiger partial charge >= 0.3 is 0 Å². The van der Waals surface area contributed by atoms with Gasteiger partial charge in [-0.15, -0.1) is 0 Å². The van der Waals surface area contributed by atoms with Gasteiger partial charge < -0.3 is 0 Å². The number of nitrogens with zero attached hydrogens (tertiary/aromatic N) is 2. The molecule has 0 saturated heterocycles. The van der Waals surface area contributed by atoms with Gasteiger partial charge in [-0.2, -0.15) is 0 Å². The van der Waals surface area contributed by atoms with E-state index in [-0.39, 0.29) is 5.56 Å². The van der Waals surface area contributed by atoms with Crippen LogP contribution in [0, 0.1) is 6.92 Å². The fourth-order valence-corrected chi connectivity index (χ4v) is 2.45. The van der Waals surface area contributed by atoms with E-state index in [9.17, 15) is 4.79 Å². The first-order chi connectivity index (χ1) is 10.1. The largest absolute Gasteiger partial charge is 0.286 e. The van der Waals surface area contributed by atoms with Crippen LogP contribution in [-0.4, -0.2) is 17.2 Å². The Hall–Kier alpha value is -2.49. The third kappa shape index (κ3) is 2.23. The summed E-state index contributed by atoms with van der Waals surface area (Å²) in [5.74, 6) is 0. The molecule has 3 aromatic rings. The quantitative estimate of drug-likeness (QED) is 0.656. The van der Waals surface area contributed by atoms with Crippen molar-refractivity contribution in [1.29, 1.82) is 0 Å². The molecule has 0 atom stereocenters. The van der Waals surface area contributed by atoms with Gasteiger partial charge in [-0.25, -0.2) is 4.68 Å². The van der Waals surface area contributed by atoms with E-state index in [1.807, 2.05) is 56.4 Å². The second-order valence-electron chi connectivity index (χ2n) is 5.05. The molecule has 0 unspecified atom stereocenters. The summed E-state index contributed by atoms with van der Waals surface area (Å²) in [5.41, 5.74) is 3.96. The van der Waals surface area contributed by atoms with Crippen LogP contribution in [0.5, 0.6) is 0 Å². The normalized spacial score (nSPS) is 10.8. The van der Waals surface area contributed by atoms with Crippen molar-refractivity contribution in [3.8, 4) is 16.8 Å². The van der Waals surface area contributed by atoms with Crippen molar-refractivity contribution in [3.05, 3.63) is 70.6 Å². The average Bonchev–Trinajstić information content (AvgIpc) is 2.72. The number of aromatic nitrogens is 2. The van der Waals surface area contributed by atoms with Gasteiger partial charge in [0.25, 0.3) is 5.56 Å². The Kier molecular flexibility index (Phi) is 3.30. The molecule has 2 aromatic carbocycles. The van der Waals surface area contributed by atoms with E-state index in [1.54, 1.807) is 9.36 Å². The van der Waals surface area contributed by atoms with Gasteiger partial charge in [0.05, 0.1) is 5.69 Å². The summed E-state index contributed by atoms with van der Waals surface area (Å²) in [6, 6.07) is 18.0. The van der Waals surface area contributed by atoms with E-state index in [0.29, 0.717) is 5.46 Å². The summed E-state index contributed by atoms with van der Waals surface area (Å²) < 4.78 is 3.36. The van der Waals surface area contributed by atoms with Crippen molar-refractivity contribution in [3.63, 3.8) is 0 Å². The summed E-state index contributed by atoms with van der Waals surface area (Å²) in [6.45, 7) is 1.84. The van der Waals surface area contributed by atoms with Crippen LogP contribution in [0.2, 0.25) is 0 Å². The molecule has 2 radical (unpaired) electrons. The Balaban J connectivity index is 2.07. The maximum atomic E-state index is 12.2. The Morgan fingerprint density at radius 2 is 1.48 bits per heavy atom. The summed E-state index contributed by atoms with van der Waals surface area (Å²) in [5, 5.41) is 0. The fourth-order valence-electron chi connectivity index (χ4n) is 2.45. The number of rotatable bonds is 2. The molecule has 0 aliphatic heterocycles. The predicted molar refractivity (Wildman–Crippen MR) is 86.6 cm³/mol. The molecule has 0 aliphatic rings. The second kappa shape index (κ2) is 5.13. The van der Waals surface area contributed by atoms with E-state index in [1.165, 1.54) is 0 Å². The average molecular weight is 274 g/mol. The van der Waals surface area contributed by atoms with Gasteiger partial charge in [-0.05, 0) is 35.6 Å². The Labute approximate surface area is 124 Å². The summed E-state index contributed by atoms with van der Waals surface area (Å²) in [6.07, 6.45) is 0. The molecule has 0 amide bonds. The van der Waals surface area contributed by atoms with E-state index >= 15 is 0 Å². The van der Waals surface area contributed by atoms with Crippen LogP contribution in [0.15, 0.2) is 59.4 Å². The molecule has 0 saturated carbocycles. The van der Waals surface area contributed by atoms with Gasteiger partial charge in [0.1, 0.15) is 7.85 Å². The number of benzene rings is 2. The zero-order valence-corrected chi connectivity index (χ0v) is 12.1. The first kappa shape index (κ1) is 13.5. The SMILES string of the molecule is [B]c1c(C)n(C)n(-c2ccc(-c3ccccc3)cc2)c1=O. The summed E-state index contributed by atoms with van der Waals surface area (Å²) in [7, 11) is 7.64. The van der Waals surface area contributed by atoms with Crippen LogP contribution >= 0.6 is 0 Å². The minimum atomic E-state index is -0.178. The maximum absolute atomic E-state index is 12.2. The summed E-state index contributed by atoms with van der Waals surface area (Å²) >= 11 is 0. The lowest BCUT2D eigenvalue weighted by Gasteiger charge is -2.09. The third-order valence-electron chi connectivity index (χ3n) is 3.82. The van der Waals surface area contributed by atoms with Gasteiger partial charge in [0, 0.05) is 12.7 Å². The van der Waals surface area contributed by atoms with Crippen LogP contribution in [0.1, 0.15) is 5.69 Å². The minimum absolute atomic E-state index is 0.178. The monoisotopic (exact) mass is 274 g/mol. The molecule has 21 heavy (non-hydrogen) atoms. The molecule has 0 N–H and O–H groups in total. The topological polar surface area (TPSA) is 26.9 Å². The molecule has 3 rings (SSSR count). The van der Waals surface area contributed by atoms with Gasteiger partial charge in [-0.3, -0.25) is 9.48 Å². The molecule has 0 bridgehead atoms. The molecule has 1 heterocycles. The Morgan fingerprint density at radius 3 is 2.00 bits per heavy atom. The van der Waals surface area contributed by atoms with E-state index in [0.717, 1.165) is 22.5 Å². The zero-order chi connectivity index (χ0) is 15.0. The van der Waals surface area contributed by atoms with Crippen molar-refractivity contribution >= 4 is 13.3 Å². The van der Waals surface area contributed by atoms with Crippen LogP contribution < -0.4 is 11.0 Å². The Morgan fingerprint density at radius 1 is 0.905 bits per heavy atom. The molecule has 0 spiro atoms. The maximum Gasteiger partial charge on any atom is 0.264 e. The predicted octanol–water partition coefficient (Wildman–Crippen LogP) is 1.95. The smallest absolute Gasteiger partial charge is 0.264 e. The van der Waals surface area contributed by atoms with Crippen LogP contribution in [0.25, 0.3) is 16.8 Å². The van der Waals surface area contributed by atoms with Gasteiger partial charge in [0.15, 0.2) is 0 Å². The van der Waals surface area contributed by atoms with E-state index in [2.05, 4.69) is 12.1 Å². The highest BCUT2D eigenvalue weighted by atomic mass is 16.1. The van der Waals surface area contributed by atoms with Crippen LogP contribution in [0.4, 0.5) is 0 Å². The molecular weight excluding hydrogens is 259 g/mol. The molecule has 0 aliphatic carbocycles. The van der Waals surface area contributed by atoms with Gasteiger partial charge in [0.2, 0.25) is 0 Å².